The number of carbonyl (C=O) groups is 1. The van der Waals surface area contributed by atoms with Gasteiger partial charge in [0.2, 0.25) is 0 Å². The largest absolute Gasteiger partial charge is 0.462 e. The molecular formula is C10H14N2O2. The fourth-order valence-electron chi connectivity index (χ4n) is 1.18. The van der Waals surface area contributed by atoms with Crippen molar-refractivity contribution in [3.63, 3.8) is 0 Å². The molecule has 14 heavy (non-hydrogen) atoms. The van der Waals surface area contributed by atoms with Gasteiger partial charge in [0.1, 0.15) is 5.82 Å². The number of nitrogens with two attached hydrogens (primary N) is 1. The van der Waals surface area contributed by atoms with Gasteiger partial charge in [0.05, 0.1) is 17.9 Å². The van der Waals surface area contributed by atoms with Crippen LogP contribution >= 0.6 is 0 Å². The topological polar surface area (TPSA) is 65.2 Å². The molecule has 1 rings (SSSR count). The summed E-state index contributed by atoms with van der Waals surface area (Å²) in [7, 11) is 0. The van der Waals surface area contributed by atoms with E-state index in [0.717, 1.165) is 0 Å². The van der Waals surface area contributed by atoms with Crippen LogP contribution < -0.4 is 5.73 Å². The maximum Gasteiger partial charge on any atom is 0.339 e. The van der Waals surface area contributed by atoms with Crippen LogP contribution in [0, 0.1) is 0 Å². The molecule has 0 aliphatic carbocycles. The number of aryl methyl sites for hydroxylation is 1. The standard InChI is InChI=1S/C10H14N2O2/c1-3-8-7(10(13)14-4-2)5-6-9(11)12-8/h5-6H,3-4H2,1-2H3,(H2,11,12). The van der Waals surface area contributed by atoms with Crippen molar-refractivity contribution in [3.8, 4) is 0 Å². The summed E-state index contributed by atoms with van der Waals surface area (Å²) in [4.78, 5) is 15.5. The first-order valence-electron chi connectivity index (χ1n) is 4.61. The van der Waals surface area contributed by atoms with Crippen LogP contribution in [0.5, 0.6) is 0 Å². The van der Waals surface area contributed by atoms with Gasteiger partial charge in [-0.05, 0) is 25.5 Å². The Labute approximate surface area is 83.1 Å². The molecule has 0 radical (unpaired) electrons. The van der Waals surface area contributed by atoms with Crippen LogP contribution in [0.15, 0.2) is 12.1 Å². The van der Waals surface area contributed by atoms with Gasteiger partial charge < -0.3 is 10.5 Å². The zero-order valence-electron chi connectivity index (χ0n) is 8.41. The maximum atomic E-state index is 11.4. The second kappa shape index (κ2) is 4.60. The molecule has 2 N–H and O–H groups in total. The van der Waals surface area contributed by atoms with E-state index in [1.165, 1.54) is 0 Å². The van der Waals surface area contributed by atoms with Crippen molar-refractivity contribution in [1.82, 2.24) is 4.98 Å². The van der Waals surface area contributed by atoms with Gasteiger partial charge in [-0.1, -0.05) is 6.92 Å². The van der Waals surface area contributed by atoms with Crippen molar-refractivity contribution >= 4 is 11.8 Å². The summed E-state index contributed by atoms with van der Waals surface area (Å²) in [5, 5.41) is 0. The Morgan fingerprint density at radius 1 is 1.50 bits per heavy atom. The van der Waals surface area contributed by atoms with Crippen molar-refractivity contribution in [2.45, 2.75) is 20.3 Å². The lowest BCUT2D eigenvalue weighted by Gasteiger charge is -2.06. The molecule has 0 amide bonds. The third-order valence-corrected chi connectivity index (χ3v) is 1.83. The number of pyridine rings is 1. The number of anilines is 1. The van der Waals surface area contributed by atoms with E-state index in [4.69, 9.17) is 10.5 Å². The molecule has 0 atom stereocenters. The lowest BCUT2D eigenvalue weighted by Crippen LogP contribution is -2.10. The maximum absolute atomic E-state index is 11.4. The van der Waals surface area contributed by atoms with Crippen LogP contribution in [0.25, 0.3) is 0 Å². The lowest BCUT2D eigenvalue weighted by atomic mass is 10.1. The van der Waals surface area contributed by atoms with Crippen LogP contribution in [-0.2, 0) is 11.2 Å². The second-order valence-electron chi connectivity index (χ2n) is 2.80. The van der Waals surface area contributed by atoms with Crippen molar-refractivity contribution < 1.29 is 9.53 Å². The predicted octanol–water partition coefficient (Wildman–Crippen LogP) is 1.40. The van der Waals surface area contributed by atoms with Gasteiger partial charge in [-0.15, -0.1) is 0 Å². The minimum absolute atomic E-state index is 0.336. The molecule has 0 bridgehead atoms. The Bertz CT molecular complexity index is 337. The molecule has 0 aliphatic heterocycles. The molecule has 1 aromatic rings. The Hall–Kier alpha value is -1.58. The zero-order chi connectivity index (χ0) is 10.6. The summed E-state index contributed by atoms with van der Waals surface area (Å²) >= 11 is 0. The Morgan fingerprint density at radius 3 is 2.79 bits per heavy atom. The van der Waals surface area contributed by atoms with Gasteiger partial charge in [0.25, 0.3) is 0 Å². The van der Waals surface area contributed by atoms with Crippen LogP contribution in [-0.4, -0.2) is 17.6 Å². The third kappa shape index (κ3) is 2.22. The number of aromatic nitrogens is 1. The molecule has 0 saturated carbocycles. The first-order chi connectivity index (χ1) is 6.69. The van der Waals surface area contributed by atoms with Gasteiger partial charge in [-0.2, -0.15) is 0 Å². The normalized spacial score (nSPS) is 9.86. The summed E-state index contributed by atoms with van der Waals surface area (Å²) in [6.07, 6.45) is 0.666. The second-order valence-corrected chi connectivity index (χ2v) is 2.80. The summed E-state index contributed by atoms with van der Waals surface area (Å²) in [5.74, 6) is 0.0896. The monoisotopic (exact) mass is 194 g/mol. The van der Waals surface area contributed by atoms with Crippen molar-refractivity contribution in [3.05, 3.63) is 23.4 Å². The van der Waals surface area contributed by atoms with Gasteiger partial charge in [-0.3, -0.25) is 0 Å². The van der Waals surface area contributed by atoms with E-state index in [1.54, 1.807) is 19.1 Å². The summed E-state index contributed by atoms with van der Waals surface area (Å²) in [6, 6.07) is 3.25. The van der Waals surface area contributed by atoms with Crippen LogP contribution in [0.1, 0.15) is 29.9 Å². The van der Waals surface area contributed by atoms with Crippen molar-refractivity contribution in [1.29, 1.82) is 0 Å². The molecule has 0 saturated heterocycles. The summed E-state index contributed by atoms with van der Waals surface area (Å²) < 4.78 is 4.89. The van der Waals surface area contributed by atoms with Gasteiger partial charge in [0, 0.05) is 0 Å². The van der Waals surface area contributed by atoms with E-state index >= 15 is 0 Å². The van der Waals surface area contributed by atoms with Crippen molar-refractivity contribution in [2.24, 2.45) is 0 Å². The van der Waals surface area contributed by atoms with Crippen LogP contribution in [0.4, 0.5) is 5.82 Å². The van der Waals surface area contributed by atoms with E-state index in [9.17, 15) is 4.79 Å². The molecule has 1 aromatic heterocycles. The van der Waals surface area contributed by atoms with E-state index in [0.29, 0.717) is 30.1 Å². The third-order valence-electron chi connectivity index (χ3n) is 1.83. The molecule has 4 nitrogen and oxygen atoms in total. The van der Waals surface area contributed by atoms with Crippen LogP contribution in [0.2, 0.25) is 0 Å². The Balaban J connectivity index is 3.01. The molecule has 0 spiro atoms. The molecule has 1 heterocycles. The molecule has 0 aliphatic rings. The fourth-order valence-corrected chi connectivity index (χ4v) is 1.18. The number of esters is 1. The number of hydrogen-bond acceptors (Lipinski definition) is 4. The van der Waals surface area contributed by atoms with E-state index in [-0.39, 0.29) is 5.97 Å². The Kier molecular flexibility index (Phi) is 3.45. The number of nitrogens with zero attached hydrogens (tertiary/aromatic N) is 1. The first-order valence-corrected chi connectivity index (χ1v) is 4.61. The van der Waals surface area contributed by atoms with E-state index in [1.807, 2.05) is 6.92 Å². The minimum Gasteiger partial charge on any atom is -0.462 e. The molecule has 0 fully saturated rings. The first kappa shape index (κ1) is 10.5. The quantitative estimate of drug-likeness (QED) is 0.739. The highest BCUT2D eigenvalue weighted by Gasteiger charge is 2.12. The summed E-state index contributed by atoms with van der Waals surface area (Å²) in [5.41, 5.74) is 6.70. The van der Waals surface area contributed by atoms with Gasteiger partial charge >= 0.3 is 5.97 Å². The molecule has 76 valence electrons. The fraction of sp³-hybridized carbons (Fsp3) is 0.400. The van der Waals surface area contributed by atoms with Crippen molar-refractivity contribution in [2.75, 3.05) is 12.3 Å². The molecule has 0 unspecified atom stereocenters. The number of carbonyl (C=O) groups excluding carboxylic acids is 1. The predicted molar refractivity (Wildman–Crippen MR) is 54.0 cm³/mol. The average molecular weight is 194 g/mol. The van der Waals surface area contributed by atoms with E-state index in [2.05, 4.69) is 4.98 Å². The number of ether oxygens (including phenoxy) is 1. The van der Waals surface area contributed by atoms with Gasteiger partial charge in [0.15, 0.2) is 0 Å². The highest BCUT2D eigenvalue weighted by Crippen LogP contribution is 2.11. The number of nitrogen functional groups attached to an aromatic ring is 1. The SMILES string of the molecule is CCOC(=O)c1ccc(N)nc1CC. The van der Waals surface area contributed by atoms with Crippen LogP contribution in [0.3, 0.4) is 0 Å². The zero-order valence-corrected chi connectivity index (χ0v) is 8.41. The molecule has 4 heteroatoms. The molecule has 0 aromatic carbocycles. The lowest BCUT2D eigenvalue weighted by molar-refractivity contribution is 0.0524. The highest BCUT2D eigenvalue weighted by molar-refractivity contribution is 5.90. The number of rotatable bonds is 3. The average Bonchev–Trinajstić information content (AvgIpc) is 2.17. The highest BCUT2D eigenvalue weighted by atomic mass is 16.5. The summed E-state index contributed by atoms with van der Waals surface area (Å²) in [6.45, 7) is 4.06. The minimum atomic E-state index is -0.336. The van der Waals surface area contributed by atoms with Gasteiger partial charge in [-0.25, -0.2) is 9.78 Å². The smallest absolute Gasteiger partial charge is 0.339 e. The Morgan fingerprint density at radius 2 is 2.21 bits per heavy atom. The van der Waals surface area contributed by atoms with E-state index < -0.39 is 0 Å². The molecular weight excluding hydrogens is 180 g/mol. The number of hydrogen-bond donors (Lipinski definition) is 1.